The first-order chi connectivity index (χ1) is 12.6. The summed E-state index contributed by atoms with van der Waals surface area (Å²) in [7, 11) is -3.70. The van der Waals surface area contributed by atoms with E-state index in [1.165, 1.54) is 28.6 Å². The van der Waals surface area contributed by atoms with Crippen molar-refractivity contribution in [3.63, 3.8) is 0 Å². The van der Waals surface area contributed by atoms with Gasteiger partial charge in [0.25, 0.3) is 0 Å². The van der Waals surface area contributed by atoms with Crippen molar-refractivity contribution in [3.8, 4) is 6.07 Å². The van der Waals surface area contributed by atoms with Gasteiger partial charge in [-0.1, -0.05) is 60.7 Å². The number of benzene rings is 3. The molecule has 0 aromatic heterocycles. The normalized spacial score (nSPS) is 11.2. The van der Waals surface area contributed by atoms with Crippen molar-refractivity contribution in [2.75, 3.05) is 0 Å². The molecule has 26 heavy (non-hydrogen) atoms. The molecule has 0 atom stereocenters. The van der Waals surface area contributed by atoms with Gasteiger partial charge in [-0.2, -0.15) is 9.57 Å². The Labute approximate surface area is 154 Å². The van der Waals surface area contributed by atoms with E-state index in [2.05, 4.69) is 0 Å². The minimum absolute atomic E-state index is 0.184. The zero-order valence-electron chi connectivity index (χ0n) is 14.1. The average molecular weight is 362 g/mol. The molecule has 0 fully saturated rings. The molecule has 3 aromatic rings. The van der Waals surface area contributed by atoms with Gasteiger partial charge in [-0.3, -0.25) is 0 Å². The molecule has 0 unspecified atom stereocenters. The second-order valence-electron chi connectivity index (χ2n) is 5.88. The van der Waals surface area contributed by atoms with Gasteiger partial charge >= 0.3 is 0 Å². The van der Waals surface area contributed by atoms with Crippen molar-refractivity contribution >= 4 is 10.0 Å². The Bertz CT molecular complexity index is 952. The van der Waals surface area contributed by atoms with E-state index in [-0.39, 0.29) is 18.0 Å². The fraction of sp³-hybridized carbons (Fsp3) is 0.0952. The molecule has 130 valence electrons. The van der Waals surface area contributed by atoms with E-state index in [4.69, 9.17) is 5.26 Å². The van der Waals surface area contributed by atoms with Gasteiger partial charge in [0.1, 0.15) is 0 Å². The van der Waals surface area contributed by atoms with Crippen LogP contribution in [0.5, 0.6) is 0 Å². The molecule has 0 aliphatic heterocycles. The summed E-state index contributed by atoms with van der Waals surface area (Å²) in [5.74, 6) is 0. The predicted molar refractivity (Wildman–Crippen MR) is 100 cm³/mol. The van der Waals surface area contributed by atoms with Gasteiger partial charge in [-0.05, 0) is 35.4 Å². The SMILES string of the molecule is N#Cc1ccc(S(=O)(=O)N(Cc2ccccc2)Cc2ccccc2)cc1. The maximum absolute atomic E-state index is 13.2. The van der Waals surface area contributed by atoms with Crippen LogP contribution in [0.2, 0.25) is 0 Å². The van der Waals surface area contributed by atoms with Crippen LogP contribution in [0.25, 0.3) is 0 Å². The fourth-order valence-electron chi connectivity index (χ4n) is 2.65. The number of nitrogens with zero attached hydrogens (tertiary/aromatic N) is 2. The van der Waals surface area contributed by atoms with Crippen molar-refractivity contribution in [1.82, 2.24) is 4.31 Å². The number of nitriles is 1. The second-order valence-corrected chi connectivity index (χ2v) is 7.82. The molecule has 0 radical (unpaired) electrons. The van der Waals surface area contributed by atoms with Gasteiger partial charge in [0.2, 0.25) is 10.0 Å². The van der Waals surface area contributed by atoms with Crippen molar-refractivity contribution in [1.29, 1.82) is 5.26 Å². The lowest BCUT2D eigenvalue weighted by molar-refractivity contribution is 0.401. The average Bonchev–Trinajstić information content (AvgIpc) is 2.69. The summed E-state index contributed by atoms with van der Waals surface area (Å²) in [4.78, 5) is 0.184. The predicted octanol–water partition coefficient (Wildman–Crippen LogP) is 3.95. The topological polar surface area (TPSA) is 61.2 Å². The molecule has 0 spiro atoms. The largest absolute Gasteiger partial charge is 0.243 e. The molecule has 0 N–H and O–H groups in total. The second kappa shape index (κ2) is 7.96. The van der Waals surface area contributed by atoms with Crippen LogP contribution in [0.4, 0.5) is 0 Å². The van der Waals surface area contributed by atoms with Crippen LogP contribution in [0.3, 0.4) is 0 Å². The van der Waals surface area contributed by atoms with Crippen LogP contribution in [-0.4, -0.2) is 12.7 Å². The number of hydrogen-bond donors (Lipinski definition) is 0. The maximum atomic E-state index is 13.2. The lowest BCUT2D eigenvalue weighted by atomic mass is 10.2. The first kappa shape index (κ1) is 17.9. The fourth-order valence-corrected chi connectivity index (χ4v) is 4.07. The Balaban J connectivity index is 1.96. The summed E-state index contributed by atoms with van der Waals surface area (Å²) in [5, 5.41) is 8.92. The molecular weight excluding hydrogens is 344 g/mol. The molecule has 0 aliphatic carbocycles. The van der Waals surface area contributed by atoms with E-state index in [1.54, 1.807) is 0 Å². The summed E-state index contributed by atoms with van der Waals surface area (Å²) in [6.07, 6.45) is 0. The third-order valence-electron chi connectivity index (χ3n) is 4.02. The highest BCUT2D eigenvalue weighted by Gasteiger charge is 2.25. The van der Waals surface area contributed by atoms with E-state index in [0.29, 0.717) is 5.56 Å². The first-order valence-electron chi connectivity index (χ1n) is 8.18. The Kier molecular flexibility index (Phi) is 5.47. The van der Waals surface area contributed by atoms with E-state index >= 15 is 0 Å². The zero-order chi connectivity index (χ0) is 18.4. The molecule has 5 heteroatoms. The zero-order valence-corrected chi connectivity index (χ0v) is 14.9. The smallest absolute Gasteiger partial charge is 0.207 e. The van der Waals surface area contributed by atoms with Gasteiger partial charge in [0.15, 0.2) is 0 Å². The highest BCUT2D eigenvalue weighted by molar-refractivity contribution is 7.89. The van der Waals surface area contributed by atoms with Gasteiger partial charge in [-0.25, -0.2) is 8.42 Å². The minimum atomic E-state index is -3.70. The van der Waals surface area contributed by atoms with Crippen LogP contribution in [0.15, 0.2) is 89.8 Å². The lowest BCUT2D eigenvalue weighted by Crippen LogP contribution is -2.30. The van der Waals surface area contributed by atoms with E-state index < -0.39 is 10.0 Å². The summed E-state index contributed by atoms with van der Waals surface area (Å²) >= 11 is 0. The van der Waals surface area contributed by atoms with Crippen LogP contribution >= 0.6 is 0 Å². The Morgan fingerprint density at radius 2 is 1.19 bits per heavy atom. The third-order valence-corrected chi connectivity index (χ3v) is 5.83. The molecule has 3 rings (SSSR count). The summed E-state index contributed by atoms with van der Waals surface area (Å²) < 4.78 is 27.8. The van der Waals surface area contributed by atoms with Crippen LogP contribution < -0.4 is 0 Å². The number of sulfonamides is 1. The number of rotatable bonds is 6. The van der Waals surface area contributed by atoms with E-state index in [9.17, 15) is 8.42 Å². The molecule has 0 heterocycles. The molecule has 3 aromatic carbocycles. The Morgan fingerprint density at radius 3 is 1.62 bits per heavy atom. The van der Waals surface area contributed by atoms with Crippen molar-refractivity contribution in [2.24, 2.45) is 0 Å². The van der Waals surface area contributed by atoms with Crippen LogP contribution in [0, 0.1) is 11.3 Å². The molecule has 0 saturated carbocycles. The third kappa shape index (κ3) is 4.17. The molecule has 0 saturated heterocycles. The van der Waals surface area contributed by atoms with Gasteiger partial charge < -0.3 is 0 Å². The maximum Gasteiger partial charge on any atom is 0.243 e. The molecular formula is C21H18N2O2S. The van der Waals surface area contributed by atoms with Gasteiger partial charge in [-0.15, -0.1) is 0 Å². The summed E-state index contributed by atoms with van der Waals surface area (Å²) in [5.41, 5.74) is 2.27. The highest BCUT2D eigenvalue weighted by atomic mass is 32.2. The van der Waals surface area contributed by atoms with Gasteiger partial charge in [0, 0.05) is 13.1 Å². The van der Waals surface area contributed by atoms with Crippen LogP contribution in [-0.2, 0) is 23.1 Å². The highest BCUT2D eigenvalue weighted by Crippen LogP contribution is 2.21. The summed E-state index contributed by atoms with van der Waals surface area (Å²) in [6.45, 7) is 0.552. The lowest BCUT2D eigenvalue weighted by Gasteiger charge is -2.22. The Hall–Kier alpha value is -2.94. The van der Waals surface area contributed by atoms with Crippen molar-refractivity contribution < 1.29 is 8.42 Å². The quantitative estimate of drug-likeness (QED) is 0.667. The van der Waals surface area contributed by atoms with Crippen molar-refractivity contribution in [2.45, 2.75) is 18.0 Å². The molecule has 0 bridgehead atoms. The van der Waals surface area contributed by atoms with Crippen LogP contribution in [0.1, 0.15) is 16.7 Å². The van der Waals surface area contributed by atoms with Gasteiger partial charge in [0.05, 0.1) is 16.5 Å². The van der Waals surface area contributed by atoms with E-state index in [1.807, 2.05) is 66.7 Å². The molecule has 4 nitrogen and oxygen atoms in total. The van der Waals surface area contributed by atoms with E-state index in [0.717, 1.165) is 11.1 Å². The standard InChI is InChI=1S/C21H18N2O2S/c22-15-18-11-13-21(14-12-18)26(24,25)23(16-19-7-3-1-4-8-19)17-20-9-5-2-6-10-20/h1-14H,16-17H2. The monoisotopic (exact) mass is 362 g/mol. The minimum Gasteiger partial charge on any atom is -0.207 e. The Morgan fingerprint density at radius 1 is 0.731 bits per heavy atom. The molecule has 0 aliphatic rings. The number of hydrogen-bond acceptors (Lipinski definition) is 3. The van der Waals surface area contributed by atoms with Crippen molar-refractivity contribution in [3.05, 3.63) is 102 Å². The molecule has 0 amide bonds. The first-order valence-corrected chi connectivity index (χ1v) is 9.62. The summed E-state index contributed by atoms with van der Waals surface area (Å²) in [6, 6.07) is 27.0.